The van der Waals surface area contributed by atoms with Gasteiger partial charge < -0.3 is 25.0 Å². The average molecular weight is 471 g/mol. The number of para-hydroxylation sites is 1. The van der Waals surface area contributed by atoms with E-state index in [1.54, 1.807) is 11.8 Å². The van der Waals surface area contributed by atoms with Crippen LogP contribution in [0.1, 0.15) is 18.1 Å². The van der Waals surface area contributed by atoms with E-state index in [-0.39, 0.29) is 5.92 Å². The Morgan fingerprint density at radius 2 is 1.70 bits per heavy atom. The highest BCUT2D eigenvalue weighted by molar-refractivity contribution is 7.99. The third-order valence-corrected chi connectivity index (χ3v) is 7.95. The van der Waals surface area contributed by atoms with Gasteiger partial charge in [-0.25, -0.2) is 0 Å². The van der Waals surface area contributed by atoms with Gasteiger partial charge in [-0.05, 0) is 43.7 Å². The molecule has 0 aliphatic carbocycles. The lowest BCUT2D eigenvalue weighted by atomic mass is 9.89. The monoisotopic (exact) mass is 470 g/mol. The van der Waals surface area contributed by atoms with Crippen LogP contribution in [0.5, 0.6) is 0 Å². The van der Waals surface area contributed by atoms with Crippen molar-refractivity contribution in [3.8, 4) is 0 Å². The van der Waals surface area contributed by atoms with Gasteiger partial charge in [0.05, 0.1) is 24.2 Å². The standard InChI is InChI=1S/C26H34N2O4S/c1-17-8-9-22(18(2)16-17)33-23-7-5-4-6-20(23)27-11-13-28(14-12-27)26-25(31)19(3)24(30)21(32-26)10-15-29/h4-10,15-16,19,21,24-26,29-31H,11-14H2,1-3H3/t19?,21?,24-,25+,26?/m0/s1. The van der Waals surface area contributed by atoms with Crippen molar-refractivity contribution in [2.75, 3.05) is 31.1 Å². The van der Waals surface area contributed by atoms with E-state index < -0.39 is 24.5 Å². The number of benzene rings is 2. The van der Waals surface area contributed by atoms with Gasteiger partial charge in [0, 0.05) is 41.9 Å². The first-order valence-corrected chi connectivity index (χ1v) is 12.4. The molecule has 2 aliphatic rings. The maximum Gasteiger partial charge on any atom is 0.138 e. The lowest BCUT2D eigenvalue weighted by Gasteiger charge is -2.47. The van der Waals surface area contributed by atoms with Gasteiger partial charge in [0.25, 0.3) is 0 Å². The molecule has 0 amide bonds. The van der Waals surface area contributed by atoms with E-state index in [1.807, 2.05) is 6.92 Å². The normalized spacial score (nSPS) is 29.0. The highest BCUT2D eigenvalue weighted by Gasteiger charge is 2.44. The van der Waals surface area contributed by atoms with Gasteiger partial charge in [0.1, 0.15) is 12.3 Å². The van der Waals surface area contributed by atoms with Crippen LogP contribution in [0.25, 0.3) is 0 Å². The molecule has 3 unspecified atom stereocenters. The largest absolute Gasteiger partial charge is 0.516 e. The smallest absolute Gasteiger partial charge is 0.138 e. The summed E-state index contributed by atoms with van der Waals surface area (Å²) >= 11 is 1.80. The van der Waals surface area contributed by atoms with Gasteiger partial charge in [-0.3, -0.25) is 4.90 Å². The molecule has 2 heterocycles. The number of ether oxygens (including phenoxy) is 1. The molecular weight excluding hydrogens is 436 g/mol. The lowest BCUT2D eigenvalue weighted by molar-refractivity contribution is -0.229. The summed E-state index contributed by atoms with van der Waals surface area (Å²) in [4.78, 5) is 7.03. The molecule has 2 saturated heterocycles. The summed E-state index contributed by atoms with van der Waals surface area (Å²) in [5.41, 5.74) is 3.77. The third-order valence-electron chi connectivity index (χ3n) is 6.71. The Morgan fingerprint density at radius 1 is 0.970 bits per heavy atom. The predicted molar refractivity (Wildman–Crippen MR) is 132 cm³/mol. The molecule has 0 spiro atoms. The van der Waals surface area contributed by atoms with Crippen LogP contribution in [0.2, 0.25) is 0 Å². The van der Waals surface area contributed by atoms with Crippen LogP contribution < -0.4 is 4.90 Å². The van der Waals surface area contributed by atoms with Crippen molar-refractivity contribution >= 4 is 17.4 Å². The number of anilines is 1. The molecule has 2 aromatic carbocycles. The number of hydrogen-bond acceptors (Lipinski definition) is 7. The Hall–Kier alpha value is -2.03. The first-order valence-electron chi connectivity index (χ1n) is 11.5. The number of aliphatic hydroxyl groups excluding tert-OH is 3. The summed E-state index contributed by atoms with van der Waals surface area (Å²) in [6, 6.07) is 15.1. The highest BCUT2D eigenvalue weighted by atomic mass is 32.2. The lowest BCUT2D eigenvalue weighted by Crippen LogP contribution is -2.62. The Balaban J connectivity index is 1.45. The van der Waals surface area contributed by atoms with Crippen LogP contribution in [-0.4, -0.2) is 70.9 Å². The number of aryl methyl sites for hydroxylation is 2. The first-order chi connectivity index (χ1) is 15.9. The van der Waals surface area contributed by atoms with Gasteiger partial charge in [-0.15, -0.1) is 0 Å². The molecule has 0 aromatic heterocycles. The van der Waals surface area contributed by atoms with Gasteiger partial charge >= 0.3 is 0 Å². The van der Waals surface area contributed by atoms with E-state index in [2.05, 4.69) is 66.1 Å². The third kappa shape index (κ3) is 5.23. The van der Waals surface area contributed by atoms with Crippen LogP contribution in [0.4, 0.5) is 5.69 Å². The minimum absolute atomic E-state index is 0.349. The van der Waals surface area contributed by atoms with Crippen LogP contribution in [-0.2, 0) is 4.74 Å². The molecule has 0 saturated carbocycles. The fraction of sp³-hybridized carbons (Fsp3) is 0.462. The summed E-state index contributed by atoms with van der Waals surface area (Å²) < 4.78 is 5.98. The molecule has 0 radical (unpaired) electrons. The summed E-state index contributed by atoms with van der Waals surface area (Å²) in [7, 11) is 0. The molecule has 6 nitrogen and oxygen atoms in total. The number of rotatable bonds is 5. The van der Waals surface area contributed by atoms with Crippen molar-refractivity contribution in [1.29, 1.82) is 0 Å². The molecule has 7 heteroatoms. The van der Waals surface area contributed by atoms with E-state index >= 15 is 0 Å². The highest BCUT2D eigenvalue weighted by Crippen LogP contribution is 2.38. The van der Waals surface area contributed by atoms with E-state index in [0.717, 1.165) is 32.4 Å². The zero-order chi connectivity index (χ0) is 23.5. The van der Waals surface area contributed by atoms with Gasteiger partial charge in [0.2, 0.25) is 0 Å². The molecule has 5 atom stereocenters. The number of nitrogens with zero attached hydrogens (tertiary/aromatic N) is 2. The Kier molecular flexibility index (Phi) is 7.66. The molecular formula is C26H34N2O4S. The van der Waals surface area contributed by atoms with Crippen LogP contribution in [0, 0.1) is 19.8 Å². The average Bonchev–Trinajstić information content (AvgIpc) is 2.82. The SMILES string of the molecule is Cc1ccc(Sc2ccccc2N2CCN(C3OC(C=CO)[C@@H](O)C(C)[C@H]3O)CC2)c(C)c1. The van der Waals surface area contributed by atoms with Crippen molar-refractivity contribution in [3.63, 3.8) is 0 Å². The van der Waals surface area contributed by atoms with E-state index in [9.17, 15) is 10.2 Å². The summed E-state index contributed by atoms with van der Waals surface area (Å²) in [5.74, 6) is -0.349. The molecule has 2 aliphatic heterocycles. The minimum Gasteiger partial charge on any atom is -0.516 e. The van der Waals surface area contributed by atoms with E-state index in [0.29, 0.717) is 0 Å². The quantitative estimate of drug-likeness (QED) is 0.575. The van der Waals surface area contributed by atoms with Crippen LogP contribution in [0.15, 0.2) is 64.6 Å². The summed E-state index contributed by atoms with van der Waals surface area (Å²) in [5, 5.41) is 30.3. The van der Waals surface area contributed by atoms with Crippen molar-refractivity contribution < 1.29 is 20.1 Å². The Bertz CT molecular complexity index is 977. The summed E-state index contributed by atoms with van der Waals surface area (Å²) in [6.45, 7) is 9.20. The fourth-order valence-electron chi connectivity index (χ4n) is 4.68. The van der Waals surface area contributed by atoms with Crippen molar-refractivity contribution in [1.82, 2.24) is 4.90 Å². The molecule has 178 valence electrons. The maximum atomic E-state index is 10.8. The van der Waals surface area contributed by atoms with Gasteiger partial charge in [-0.1, -0.05) is 48.5 Å². The number of aliphatic hydroxyl groups is 3. The number of piperazine rings is 1. The van der Waals surface area contributed by atoms with Gasteiger partial charge in [-0.2, -0.15) is 0 Å². The molecule has 2 fully saturated rings. The van der Waals surface area contributed by atoms with Crippen molar-refractivity contribution in [2.45, 2.75) is 55.1 Å². The first kappa shape index (κ1) is 24.1. The Labute approximate surface area is 200 Å². The van der Waals surface area contributed by atoms with E-state index in [1.165, 1.54) is 32.7 Å². The van der Waals surface area contributed by atoms with Crippen molar-refractivity contribution in [2.24, 2.45) is 5.92 Å². The zero-order valence-corrected chi connectivity index (χ0v) is 20.3. The molecule has 33 heavy (non-hydrogen) atoms. The van der Waals surface area contributed by atoms with E-state index in [4.69, 9.17) is 9.84 Å². The van der Waals surface area contributed by atoms with Gasteiger partial charge in [0.15, 0.2) is 0 Å². The second-order valence-electron chi connectivity index (χ2n) is 9.03. The second kappa shape index (κ2) is 10.5. The molecule has 0 bridgehead atoms. The summed E-state index contributed by atoms with van der Waals surface area (Å²) in [6.07, 6.45) is -0.440. The molecule has 2 aromatic rings. The van der Waals surface area contributed by atoms with Crippen LogP contribution >= 0.6 is 11.8 Å². The van der Waals surface area contributed by atoms with Crippen molar-refractivity contribution in [3.05, 3.63) is 65.9 Å². The molecule has 3 N–H and O–H groups in total. The fourth-order valence-corrected chi connectivity index (χ4v) is 5.72. The Morgan fingerprint density at radius 3 is 2.39 bits per heavy atom. The maximum absolute atomic E-state index is 10.8. The number of hydrogen-bond donors (Lipinski definition) is 3. The zero-order valence-electron chi connectivity index (χ0n) is 19.5. The topological polar surface area (TPSA) is 76.4 Å². The van der Waals surface area contributed by atoms with Crippen LogP contribution in [0.3, 0.4) is 0 Å². The molecule has 4 rings (SSSR count). The second-order valence-corrected chi connectivity index (χ2v) is 10.1. The predicted octanol–water partition coefficient (Wildman–Crippen LogP) is 3.73. The minimum atomic E-state index is -0.852.